The van der Waals surface area contributed by atoms with Gasteiger partial charge < -0.3 is 30.3 Å². The minimum Gasteiger partial charge on any atom is -0.480 e. The molecule has 0 amide bonds. The van der Waals surface area contributed by atoms with E-state index in [2.05, 4.69) is 5.32 Å². The molecule has 8 nitrogen and oxygen atoms in total. The Morgan fingerprint density at radius 1 is 1.35 bits per heavy atom. The molecule has 20 heavy (non-hydrogen) atoms. The summed E-state index contributed by atoms with van der Waals surface area (Å²) in [6.07, 6.45) is -3.78. The number of hydrogen-bond donors (Lipinski definition) is 6. The summed E-state index contributed by atoms with van der Waals surface area (Å²) in [5.74, 6) is -1.08. The highest BCUT2D eigenvalue weighted by atomic mass is 16.6. The van der Waals surface area contributed by atoms with Gasteiger partial charge in [0.05, 0.1) is 13.2 Å². The normalized spacial score (nSPS) is 35.5. The van der Waals surface area contributed by atoms with E-state index in [4.69, 9.17) is 9.84 Å². The molecule has 1 rings (SSSR count). The Labute approximate surface area is 117 Å². The summed E-state index contributed by atoms with van der Waals surface area (Å²) in [4.78, 5) is 11.2. The fourth-order valence-corrected chi connectivity index (χ4v) is 2.32. The van der Waals surface area contributed by atoms with E-state index in [0.717, 1.165) is 0 Å². The maximum atomic E-state index is 11.2. The van der Waals surface area contributed by atoms with E-state index in [1.165, 1.54) is 0 Å². The predicted molar refractivity (Wildman–Crippen MR) is 67.8 cm³/mol. The second kappa shape index (κ2) is 6.79. The SMILES string of the molecule is CC(C)CC(N[C@@]1(CO)O[C@H](CO)[C@@H](O)[C@@H]1O)C(=O)O. The lowest BCUT2D eigenvalue weighted by molar-refractivity contribution is -0.159. The van der Waals surface area contributed by atoms with Gasteiger partial charge in [0.2, 0.25) is 0 Å². The number of carboxylic acids is 1. The van der Waals surface area contributed by atoms with Crippen molar-refractivity contribution in [2.45, 2.75) is 50.3 Å². The minimum absolute atomic E-state index is 0.0662. The number of rotatable bonds is 7. The molecular weight excluding hydrogens is 270 g/mol. The van der Waals surface area contributed by atoms with Crippen LogP contribution in [-0.2, 0) is 9.53 Å². The number of ether oxygens (including phenoxy) is 1. The van der Waals surface area contributed by atoms with E-state index in [-0.39, 0.29) is 12.3 Å². The Balaban J connectivity index is 2.91. The van der Waals surface area contributed by atoms with E-state index in [1.54, 1.807) is 0 Å². The van der Waals surface area contributed by atoms with Crippen LogP contribution in [0.2, 0.25) is 0 Å². The average molecular weight is 293 g/mol. The van der Waals surface area contributed by atoms with E-state index in [9.17, 15) is 25.2 Å². The van der Waals surface area contributed by atoms with Crippen molar-refractivity contribution in [1.82, 2.24) is 5.32 Å². The van der Waals surface area contributed by atoms with Crippen LogP contribution in [0, 0.1) is 5.92 Å². The molecule has 0 saturated carbocycles. The van der Waals surface area contributed by atoms with Crippen LogP contribution in [0.25, 0.3) is 0 Å². The number of carbonyl (C=O) groups is 1. The molecule has 0 bridgehead atoms. The molecule has 0 aromatic carbocycles. The largest absolute Gasteiger partial charge is 0.480 e. The van der Waals surface area contributed by atoms with Crippen LogP contribution < -0.4 is 5.32 Å². The Kier molecular flexibility index (Phi) is 5.87. The van der Waals surface area contributed by atoms with Crippen LogP contribution in [0.3, 0.4) is 0 Å². The third-order valence-corrected chi connectivity index (χ3v) is 3.38. The summed E-state index contributed by atoms with van der Waals surface area (Å²) in [5.41, 5.74) is -1.80. The van der Waals surface area contributed by atoms with Crippen molar-refractivity contribution >= 4 is 5.97 Å². The molecule has 1 saturated heterocycles. The first-order valence-corrected chi connectivity index (χ1v) is 6.53. The number of nitrogens with one attached hydrogen (secondary N) is 1. The molecule has 0 spiro atoms. The zero-order valence-corrected chi connectivity index (χ0v) is 11.6. The fraction of sp³-hybridized carbons (Fsp3) is 0.917. The van der Waals surface area contributed by atoms with Gasteiger partial charge in [-0.2, -0.15) is 0 Å². The van der Waals surface area contributed by atoms with Gasteiger partial charge in [-0.05, 0) is 12.3 Å². The molecule has 1 aliphatic heterocycles. The van der Waals surface area contributed by atoms with E-state index >= 15 is 0 Å². The first-order chi connectivity index (χ1) is 9.27. The number of aliphatic hydroxyl groups excluding tert-OH is 4. The maximum Gasteiger partial charge on any atom is 0.320 e. The van der Waals surface area contributed by atoms with Gasteiger partial charge in [0.15, 0.2) is 5.72 Å². The highest BCUT2D eigenvalue weighted by Gasteiger charge is 2.55. The molecule has 0 aromatic heterocycles. The fourth-order valence-electron chi connectivity index (χ4n) is 2.32. The first kappa shape index (κ1) is 17.3. The van der Waals surface area contributed by atoms with Gasteiger partial charge >= 0.3 is 5.97 Å². The molecule has 1 unspecified atom stereocenters. The summed E-state index contributed by atoms with van der Waals surface area (Å²) in [6, 6.07) is -1.05. The number of hydrogen-bond acceptors (Lipinski definition) is 7. The highest BCUT2D eigenvalue weighted by Crippen LogP contribution is 2.30. The van der Waals surface area contributed by atoms with Gasteiger partial charge in [-0.1, -0.05) is 13.8 Å². The Bertz CT molecular complexity index is 338. The van der Waals surface area contributed by atoms with Crippen LogP contribution in [0.15, 0.2) is 0 Å². The third kappa shape index (κ3) is 3.46. The Morgan fingerprint density at radius 3 is 2.30 bits per heavy atom. The minimum atomic E-state index is -1.80. The van der Waals surface area contributed by atoms with E-state index in [0.29, 0.717) is 0 Å². The van der Waals surface area contributed by atoms with Crippen LogP contribution >= 0.6 is 0 Å². The molecule has 6 N–H and O–H groups in total. The first-order valence-electron chi connectivity index (χ1n) is 6.53. The third-order valence-electron chi connectivity index (χ3n) is 3.38. The van der Waals surface area contributed by atoms with Crippen LogP contribution in [0.1, 0.15) is 20.3 Å². The van der Waals surface area contributed by atoms with Crippen molar-refractivity contribution < 1.29 is 35.1 Å². The molecule has 1 heterocycles. The van der Waals surface area contributed by atoms with Gasteiger partial charge in [-0.15, -0.1) is 0 Å². The lowest BCUT2D eigenvalue weighted by atomic mass is 9.98. The van der Waals surface area contributed by atoms with Gasteiger partial charge in [0.1, 0.15) is 24.4 Å². The monoisotopic (exact) mass is 293 g/mol. The lowest BCUT2D eigenvalue weighted by Gasteiger charge is -2.34. The maximum absolute atomic E-state index is 11.2. The standard InChI is InChI=1S/C12H23NO7/c1-6(2)3-7(11(18)19)13-12(5-15)10(17)9(16)8(4-14)20-12/h6-10,13-17H,3-5H2,1-2H3,(H,18,19)/t7?,8-,9-,10+,12+/m1/s1. The Morgan fingerprint density at radius 2 is 1.95 bits per heavy atom. The van der Waals surface area contributed by atoms with E-state index < -0.39 is 49.3 Å². The molecule has 0 aliphatic carbocycles. The van der Waals surface area contributed by atoms with Crippen LogP contribution in [0.4, 0.5) is 0 Å². The van der Waals surface area contributed by atoms with Gasteiger partial charge in [-0.25, -0.2) is 0 Å². The predicted octanol–water partition coefficient (Wildman–Crippen LogP) is -2.12. The van der Waals surface area contributed by atoms with Gasteiger partial charge in [0, 0.05) is 0 Å². The molecule has 5 atom stereocenters. The van der Waals surface area contributed by atoms with Crippen molar-refractivity contribution in [2.24, 2.45) is 5.92 Å². The van der Waals surface area contributed by atoms with Crippen molar-refractivity contribution in [1.29, 1.82) is 0 Å². The number of aliphatic hydroxyl groups is 4. The van der Waals surface area contributed by atoms with Gasteiger partial charge in [0.25, 0.3) is 0 Å². The summed E-state index contributed by atoms with van der Waals surface area (Å²) in [5, 5.41) is 49.9. The summed E-state index contributed by atoms with van der Waals surface area (Å²) in [6.45, 7) is 2.38. The smallest absolute Gasteiger partial charge is 0.320 e. The summed E-state index contributed by atoms with van der Waals surface area (Å²) in [7, 11) is 0. The van der Waals surface area contributed by atoms with Crippen LogP contribution in [-0.4, -0.2) is 74.8 Å². The molecule has 0 aromatic rings. The zero-order valence-electron chi connectivity index (χ0n) is 11.6. The van der Waals surface area contributed by atoms with Crippen molar-refractivity contribution in [3.8, 4) is 0 Å². The zero-order chi connectivity index (χ0) is 15.5. The lowest BCUT2D eigenvalue weighted by Crippen LogP contribution is -2.62. The quantitative estimate of drug-likeness (QED) is 0.313. The number of aliphatic carboxylic acids is 1. The van der Waals surface area contributed by atoms with Crippen LogP contribution in [0.5, 0.6) is 0 Å². The number of carboxylic acid groups (broad SMARTS) is 1. The molecule has 0 radical (unpaired) electrons. The second-order valence-electron chi connectivity index (χ2n) is 5.49. The van der Waals surface area contributed by atoms with Crippen molar-refractivity contribution in [2.75, 3.05) is 13.2 Å². The van der Waals surface area contributed by atoms with Gasteiger partial charge in [-0.3, -0.25) is 10.1 Å². The molecular formula is C12H23NO7. The van der Waals surface area contributed by atoms with Crippen molar-refractivity contribution in [3.63, 3.8) is 0 Å². The van der Waals surface area contributed by atoms with E-state index in [1.807, 2.05) is 13.8 Å². The molecule has 1 aliphatic rings. The Hall–Kier alpha value is -0.770. The topological polar surface area (TPSA) is 139 Å². The summed E-state index contributed by atoms with van der Waals surface area (Å²) < 4.78 is 5.26. The molecule has 1 fully saturated rings. The second-order valence-corrected chi connectivity index (χ2v) is 5.49. The molecule has 118 valence electrons. The summed E-state index contributed by atoms with van der Waals surface area (Å²) >= 11 is 0. The molecule has 8 heteroatoms. The van der Waals surface area contributed by atoms with Crippen molar-refractivity contribution in [3.05, 3.63) is 0 Å². The average Bonchev–Trinajstić information content (AvgIpc) is 2.62. The highest BCUT2D eigenvalue weighted by molar-refractivity contribution is 5.73.